The molecule has 156 valence electrons. The van der Waals surface area contributed by atoms with Crippen LogP contribution in [-0.4, -0.2) is 68.9 Å². The molecular weight excluding hydrogens is 368 g/mol. The molecule has 0 spiro atoms. The number of amides is 1. The number of hydrogen-bond acceptors (Lipinski definition) is 6. The van der Waals surface area contributed by atoms with Gasteiger partial charge in [-0.2, -0.15) is 5.10 Å². The summed E-state index contributed by atoms with van der Waals surface area (Å²) < 4.78 is 7.58. The van der Waals surface area contributed by atoms with Gasteiger partial charge >= 0.3 is 0 Å². The minimum Gasteiger partial charge on any atom is -0.372 e. The molecule has 2 aromatic heterocycles. The molecule has 2 fully saturated rings. The summed E-state index contributed by atoms with van der Waals surface area (Å²) in [5.41, 5.74) is 1.99. The average Bonchev–Trinajstić information content (AvgIpc) is 3.05. The maximum Gasteiger partial charge on any atom is 0.225 e. The van der Waals surface area contributed by atoms with E-state index in [2.05, 4.69) is 15.0 Å². The van der Waals surface area contributed by atoms with Crippen molar-refractivity contribution in [2.45, 2.75) is 52.7 Å². The standard InChI is InChI=1S/C21H30N6O2/c1-14-9-15(2)27(24-14)20-11-22-10-19(23-20)25-7-5-18(6-8-25)21(28)26-12-16(3)29-17(4)13-26/h9-11,16-18H,5-8,12-13H2,1-4H3. The first kappa shape index (κ1) is 19.8. The van der Waals surface area contributed by atoms with Crippen LogP contribution in [0.5, 0.6) is 0 Å². The summed E-state index contributed by atoms with van der Waals surface area (Å²) in [5, 5.41) is 4.50. The van der Waals surface area contributed by atoms with Crippen LogP contribution in [0, 0.1) is 19.8 Å². The summed E-state index contributed by atoms with van der Waals surface area (Å²) in [6, 6.07) is 2.03. The largest absolute Gasteiger partial charge is 0.372 e. The molecule has 2 unspecified atom stereocenters. The Hall–Kier alpha value is -2.48. The summed E-state index contributed by atoms with van der Waals surface area (Å²) >= 11 is 0. The summed E-state index contributed by atoms with van der Waals surface area (Å²) in [7, 11) is 0. The number of hydrogen-bond donors (Lipinski definition) is 0. The number of anilines is 1. The number of ether oxygens (including phenoxy) is 1. The minimum absolute atomic E-state index is 0.0795. The molecule has 2 aliphatic rings. The van der Waals surface area contributed by atoms with Crippen molar-refractivity contribution in [3.05, 3.63) is 29.8 Å². The molecule has 1 amide bonds. The van der Waals surface area contributed by atoms with Crippen LogP contribution in [-0.2, 0) is 9.53 Å². The van der Waals surface area contributed by atoms with Crippen LogP contribution in [0.3, 0.4) is 0 Å². The van der Waals surface area contributed by atoms with Crippen molar-refractivity contribution in [3.63, 3.8) is 0 Å². The van der Waals surface area contributed by atoms with E-state index in [1.54, 1.807) is 12.4 Å². The molecule has 0 bridgehead atoms. The molecule has 29 heavy (non-hydrogen) atoms. The van der Waals surface area contributed by atoms with Gasteiger partial charge in [0.25, 0.3) is 0 Å². The lowest BCUT2D eigenvalue weighted by Crippen LogP contribution is -2.51. The van der Waals surface area contributed by atoms with E-state index >= 15 is 0 Å². The SMILES string of the molecule is Cc1cc(C)n(-c2cncc(N3CCC(C(=O)N4CC(C)OC(C)C4)CC3)n2)n1. The molecule has 2 aliphatic heterocycles. The van der Waals surface area contributed by atoms with Crippen LogP contribution < -0.4 is 4.90 Å². The molecule has 0 saturated carbocycles. The van der Waals surface area contributed by atoms with E-state index < -0.39 is 0 Å². The van der Waals surface area contributed by atoms with E-state index in [1.807, 2.05) is 43.3 Å². The highest BCUT2D eigenvalue weighted by molar-refractivity contribution is 5.79. The van der Waals surface area contributed by atoms with Gasteiger partial charge in [0.05, 0.1) is 30.3 Å². The van der Waals surface area contributed by atoms with Crippen molar-refractivity contribution in [3.8, 4) is 5.82 Å². The number of nitrogens with zero attached hydrogens (tertiary/aromatic N) is 6. The van der Waals surface area contributed by atoms with Crippen molar-refractivity contribution in [1.29, 1.82) is 0 Å². The molecule has 8 heteroatoms. The second-order valence-corrected chi connectivity index (χ2v) is 8.34. The number of carbonyl (C=O) groups is 1. The molecule has 8 nitrogen and oxygen atoms in total. The normalized spacial score (nSPS) is 23.4. The van der Waals surface area contributed by atoms with Crippen molar-refractivity contribution >= 4 is 11.7 Å². The maximum atomic E-state index is 13.0. The number of aromatic nitrogens is 4. The monoisotopic (exact) mass is 398 g/mol. The lowest BCUT2D eigenvalue weighted by molar-refractivity contribution is -0.148. The quantitative estimate of drug-likeness (QED) is 0.788. The van der Waals surface area contributed by atoms with Crippen LogP contribution in [0.15, 0.2) is 18.5 Å². The highest BCUT2D eigenvalue weighted by Crippen LogP contribution is 2.25. The molecule has 2 aromatic rings. The number of aryl methyl sites for hydroxylation is 2. The van der Waals surface area contributed by atoms with Crippen molar-refractivity contribution in [2.24, 2.45) is 5.92 Å². The fraction of sp³-hybridized carbons (Fsp3) is 0.619. The summed E-state index contributed by atoms with van der Waals surface area (Å²) in [5.74, 6) is 1.92. The first-order chi connectivity index (χ1) is 13.9. The molecule has 0 radical (unpaired) electrons. The molecule has 4 heterocycles. The lowest BCUT2D eigenvalue weighted by Gasteiger charge is -2.39. The Morgan fingerprint density at radius 3 is 2.34 bits per heavy atom. The van der Waals surface area contributed by atoms with Gasteiger partial charge < -0.3 is 14.5 Å². The van der Waals surface area contributed by atoms with Crippen LogP contribution >= 0.6 is 0 Å². The third kappa shape index (κ3) is 4.27. The van der Waals surface area contributed by atoms with Crippen LogP contribution in [0.25, 0.3) is 5.82 Å². The highest BCUT2D eigenvalue weighted by atomic mass is 16.5. The van der Waals surface area contributed by atoms with Crippen molar-refractivity contribution in [1.82, 2.24) is 24.6 Å². The van der Waals surface area contributed by atoms with Gasteiger partial charge in [-0.05, 0) is 46.6 Å². The van der Waals surface area contributed by atoms with Gasteiger partial charge in [-0.15, -0.1) is 0 Å². The molecule has 4 rings (SSSR count). The Kier molecular flexibility index (Phi) is 5.54. The zero-order valence-corrected chi connectivity index (χ0v) is 17.7. The second kappa shape index (κ2) is 8.10. The third-order valence-corrected chi connectivity index (χ3v) is 5.74. The van der Waals surface area contributed by atoms with Gasteiger partial charge in [0.1, 0.15) is 5.82 Å². The van der Waals surface area contributed by atoms with Gasteiger partial charge in [0.15, 0.2) is 5.82 Å². The van der Waals surface area contributed by atoms with Crippen LogP contribution in [0.2, 0.25) is 0 Å². The molecule has 0 aliphatic carbocycles. The van der Waals surface area contributed by atoms with E-state index in [0.29, 0.717) is 13.1 Å². The maximum absolute atomic E-state index is 13.0. The first-order valence-corrected chi connectivity index (χ1v) is 10.5. The van der Waals surface area contributed by atoms with Gasteiger partial charge in [0, 0.05) is 37.8 Å². The molecule has 0 aromatic carbocycles. The van der Waals surface area contributed by atoms with Gasteiger partial charge in [-0.25, -0.2) is 9.67 Å². The Labute approximate surface area is 171 Å². The highest BCUT2D eigenvalue weighted by Gasteiger charge is 2.33. The minimum atomic E-state index is 0.0795. The number of rotatable bonds is 3. The van der Waals surface area contributed by atoms with Crippen LogP contribution in [0.1, 0.15) is 38.1 Å². The third-order valence-electron chi connectivity index (χ3n) is 5.74. The number of carbonyl (C=O) groups excluding carboxylic acids is 1. The number of morpholine rings is 1. The summed E-state index contributed by atoms with van der Waals surface area (Å²) in [4.78, 5) is 26.3. The summed E-state index contributed by atoms with van der Waals surface area (Å²) in [6.45, 7) is 11.1. The molecule has 0 N–H and O–H groups in total. The summed E-state index contributed by atoms with van der Waals surface area (Å²) in [6.07, 6.45) is 5.42. The van der Waals surface area contributed by atoms with Crippen molar-refractivity contribution < 1.29 is 9.53 Å². The second-order valence-electron chi connectivity index (χ2n) is 8.34. The zero-order chi connectivity index (χ0) is 20.5. The topological polar surface area (TPSA) is 76.4 Å². The predicted molar refractivity (Wildman–Crippen MR) is 110 cm³/mol. The smallest absolute Gasteiger partial charge is 0.225 e. The zero-order valence-electron chi connectivity index (χ0n) is 17.7. The Balaban J connectivity index is 1.40. The average molecular weight is 399 g/mol. The fourth-order valence-corrected chi connectivity index (χ4v) is 4.43. The number of piperidine rings is 1. The molecule has 2 saturated heterocycles. The van der Waals surface area contributed by atoms with Gasteiger partial charge in [0.2, 0.25) is 5.91 Å². The van der Waals surface area contributed by atoms with Gasteiger partial charge in [-0.3, -0.25) is 9.78 Å². The van der Waals surface area contributed by atoms with E-state index in [-0.39, 0.29) is 24.0 Å². The van der Waals surface area contributed by atoms with E-state index in [9.17, 15) is 4.79 Å². The van der Waals surface area contributed by atoms with E-state index in [4.69, 9.17) is 9.72 Å². The molecular formula is C21H30N6O2. The van der Waals surface area contributed by atoms with E-state index in [0.717, 1.165) is 49.0 Å². The molecule has 2 atom stereocenters. The van der Waals surface area contributed by atoms with Crippen molar-refractivity contribution in [2.75, 3.05) is 31.1 Å². The Bertz CT molecular complexity index is 864. The van der Waals surface area contributed by atoms with Crippen LogP contribution in [0.4, 0.5) is 5.82 Å². The predicted octanol–water partition coefficient (Wildman–Crippen LogP) is 2.13. The van der Waals surface area contributed by atoms with E-state index in [1.165, 1.54) is 0 Å². The Morgan fingerprint density at radius 1 is 1.07 bits per heavy atom. The first-order valence-electron chi connectivity index (χ1n) is 10.5. The fourth-order valence-electron chi connectivity index (χ4n) is 4.43. The Morgan fingerprint density at radius 2 is 1.72 bits per heavy atom. The van der Waals surface area contributed by atoms with Gasteiger partial charge in [-0.1, -0.05) is 0 Å². The lowest BCUT2D eigenvalue weighted by atomic mass is 9.94.